The van der Waals surface area contributed by atoms with E-state index in [-0.39, 0.29) is 25.7 Å². The Balaban J connectivity index is 5.16. The fourth-order valence-corrected chi connectivity index (χ4v) is 12.6. The number of phosphoric acid groups is 2. The molecule has 0 aliphatic carbocycles. The highest BCUT2D eigenvalue weighted by Crippen LogP contribution is 2.45. The number of hydrogen-bond acceptors (Lipinski definition) is 15. The van der Waals surface area contributed by atoms with Crippen LogP contribution < -0.4 is 0 Å². The second-order valence-electron chi connectivity index (χ2n) is 27.5. The molecule has 0 heterocycles. The molecule has 0 saturated carbocycles. The van der Waals surface area contributed by atoms with Gasteiger partial charge in [-0.05, 0) is 43.4 Å². The van der Waals surface area contributed by atoms with Gasteiger partial charge >= 0.3 is 39.5 Å². The third-order valence-electron chi connectivity index (χ3n) is 17.2. The molecular weight excluding hydrogens is 1210 g/mol. The van der Waals surface area contributed by atoms with E-state index in [1.807, 2.05) is 0 Å². The molecule has 0 bridgehead atoms. The SMILES string of the molecule is CCCCCCCCCC(=O)OC[C@H](COP(=O)(O)OC[C@H](O)COP(=O)(O)OC[C@@H](COC(=O)CCCCCCCCCCCCC(C)CC)OC(=O)CCCCCCCCCCCCCCCCCCCCC(C)C)OC(=O)CCCCCCCCCC(C)C. The average Bonchev–Trinajstić information content (AvgIpc) is 2.80. The quantitative estimate of drug-likeness (QED) is 0.0222. The minimum atomic E-state index is -4.95. The van der Waals surface area contributed by atoms with Crippen LogP contribution in [0, 0.1) is 17.8 Å². The number of ether oxygens (including phenoxy) is 4. The van der Waals surface area contributed by atoms with E-state index in [9.17, 15) is 43.2 Å². The summed E-state index contributed by atoms with van der Waals surface area (Å²) in [6.45, 7) is 11.8. The summed E-state index contributed by atoms with van der Waals surface area (Å²) >= 11 is 0. The van der Waals surface area contributed by atoms with Crippen LogP contribution in [0.2, 0.25) is 0 Å². The molecule has 546 valence electrons. The van der Waals surface area contributed by atoms with Gasteiger partial charge in [-0.2, -0.15) is 0 Å². The maximum Gasteiger partial charge on any atom is 0.472 e. The molecule has 3 unspecified atom stereocenters. The van der Waals surface area contributed by atoms with E-state index in [1.165, 1.54) is 167 Å². The number of hydrogen-bond donors (Lipinski definition) is 3. The molecular formula is C73H142O17P2. The Kier molecular flexibility index (Phi) is 62.4. The smallest absolute Gasteiger partial charge is 0.462 e. The van der Waals surface area contributed by atoms with Gasteiger partial charge in [-0.3, -0.25) is 37.3 Å². The summed E-state index contributed by atoms with van der Waals surface area (Å²) < 4.78 is 68.2. The number of aliphatic hydroxyl groups excluding tert-OH is 1. The number of rotatable bonds is 71. The van der Waals surface area contributed by atoms with Gasteiger partial charge in [0.05, 0.1) is 26.4 Å². The zero-order valence-electron chi connectivity index (χ0n) is 60.0. The standard InChI is InChI=1S/C73H142O17P2/c1-8-10-11-12-30-40-47-54-70(75)83-60-68(90-73(78)57-50-43-36-29-32-38-45-52-65(5)6)62-87-91(79,80)85-58-67(74)59-86-92(81,82)88-63-69(61-84-71(76)55-48-41-34-27-24-23-26-33-39-46-53-66(7)9-2)89-72(77)56-49-42-35-28-22-20-18-16-14-13-15-17-19-21-25-31-37-44-51-64(3)4/h64-69,74H,8-63H2,1-7H3,(H,79,80)(H,81,82)/t66?,67-,68+,69+/m0/s1. The van der Waals surface area contributed by atoms with Crippen LogP contribution in [0.3, 0.4) is 0 Å². The minimum Gasteiger partial charge on any atom is -0.462 e. The molecule has 0 fully saturated rings. The van der Waals surface area contributed by atoms with Crippen LogP contribution >= 0.6 is 15.6 Å². The highest BCUT2D eigenvalue weighted by Gasteiger charge is 2.30. The largest absolute Gasteiger partial charge is 0.472 e. The Bertz CT molecular complexity index is 1800. The molecule has 0 saturated heterocycles. The number of phosphoric ester groups is 2. The van der Waals surface area contributed by atoms with E-state index in [1.54, 1.807) is 0 Å². The van der Waals surface area contributed by atoms with Gasteiger partial charge in [-0.15, -0.1) is 0 Å². The Morgan fingerprint density at radius 2 is 0.554 bits per heavy atom. The lowest BCUT2D eigenvalue weighted by Gasteiger charge is -2.21. The highest BCUT2D eigenvalue weighted by molar-refractivity contribution is 7.47. The van der Waals surface area contributed by atoms with Crippen molar-refractivity contribution in [3.63, 3.8) is 0 Å². The molecule has 17 nitrogen and oxygen atoms in total. The molecule has 0 radical (unpaired) electrons. The van der Waals surface area contributed by atoms with Crippen molar-refractivity contribution in [3.8, 4) is 0 Å². The highest BCUT2D eigenvalue weighted by atomic mass is 31.2. The Labute approximate surface area is 562 Å². The molecule has 0 aromatic heterocycles. The molecule has 0 rings (SSSR count). The molecule has 6 atom stereocenters. The molecule has 92 heavy (non-hydrogen) atoms. The predicted octanol–water partition coefficient (Wildman–Crippen LogP) is 21.0. The first-order valence-corrected chi connectivity index (χ1v) is 40.9. The Morgan fingerprint density at radius 1 is 0.315 bits per heavy atom. The second kappa shape index (κ2) is 63.8. The third-order valence-corrected chi connectivity index (χ3v) is 19.1. The molecule has 0 spiro atoms. The Morgan fingerprint density at radius 3 is 0.826 bits per heavy atom. The van der Waals surface area contributed by atoms with Crippen molar-refractivity contribution in [1.82, 2.24) is 0 Å². The van der Waals surface area contributed by atoms with E-state index in [0.29, 0.717) is 31.6 Å². The molecule has 0 aromatic rings. The number of carbonyl (C=O) groups is 4. The lowest BCUT2D eigenvalue weighted by molar-refractivity contribution is -0.161. The van der Waals surface area contributed by atoms with Crippen LogP contribution in [0.25, 0.3) is 0 Å². The molecule has 0 aromatic carbocycles. The van der Waals surface area contributed by atoms with E-state index >= 15 is 0 Å². The zero-order valence-corrected chi connectivity index (χ0v) is 61.8. The van der Waals surface area contributed by atoms with Crippen molar-refractivity contribution < 1.29 is 80.2 Å². The van der Waals surface area contributed by atoms with Gasteiger partial charge in [0, 0.05) is 25.7 Å². The van der Waals surface area contributed by atoms with Gasteiger partial charge in [0.2, 0.25) is 0 Å². The van der Waals surface area contributed by atoms with Crippen molar-refractivity contribution in [3.05, 3.63) is 0 Å². The van der Waals surface area contributed by atoms with Crippen LogP contribution in [0.1, 0.15) is 370 Å². The lowest BCUT2D eigenvalue weighted by atomic mass is 9.99. The van der Waals surface area contributed by atoms with E-state index < -0.39 is 97.5 Å². The van der Waals surface area contributed by atoms with Gasteiger partial charge in [-0.25, -0.2) is 9.13 Å². The lowest BCUT2D eigenvalue weighted by Crippen LogP contribution is -2.30. The maximum absolute atomic E-state index is 13.1. The van der Waals surface area contributed by atoms with Crippen molar-refractivity contribution in [1.29, 1.82) is 0 Å². The van der Waals surface area contributed by atoms with Gasteiger partial charge in [0.1, 0.15) is 19.3 Å². The summed E-state index contributed by atoms with van der Waals surface area (Å²) in [6, 6.07) is 0. The molecule has 0 aliphatic rings. The molecule has 0 amide bonds. The van der Waals surface area contributed by atoms with Crippen LogP contribution in [0.4, 0.5) is 0 Å². The average molecular weight is 1350 g/mol. The molecule has 3 N–H and O–H groups in total. The summed E-state index contributed by atoms with van der Waals surface area (Å²) in [7, 11) is -9.90. The van der Waals surface area contributed by atoms with Crippen molar-refractivity contribution in [2.75, 3.05) is 39.6 Å². The van der Waals surface area contributed by atoms with Crippen molar-refractivity contribution in [2.24, 2.45) is 17.8 Å². The summed E-state index contributed by atoms with van der Waals surface area (Å²) in [5, 5.41) is 10.6. The van der Waals surface area contributed by atoms with Crippen LogP contribution in [-0.4, -0.2) is 96.7 Å². The Hall–Kier alpha value is -1.94. The summed E-state index contributed by atoms with van der Waals surface area (Å²) in [6.07, 6.45) is 48.9. The van der Waals surface area contributed by atoms with Gasteiger partial charge in [0.25, 0.3) is 0 Å². The first-order valence-electron chi connectivity index (χ1n) is 37.9. The van der Waals surface area contributed by atoms with Crippen LogP contribution in [-0.2, 0) is 65.4 Å². The summed E-state index contributed by atoms with van der Waals surface area (Å²) in [4.78, 5) is 72.5. The fourth-order valence-electron chi connectivity index (χ4n) is 11.0. The topological polar surface area (TPSA) is 237 Å². The number of esters is 4. The van der Waals surface area contributed by atoms with Gasteiger partial charge in [0.15, 0.2) is 12.2 Å². The van der Waals surface area contributed by atoms with E-state index in [2.05, 4.69) is 48.5 Å². The second-order valence-corrected chi connectivity index (χ2v) is 30.4. The van der Waals surface area contributed by atoms with E-state index in [4.69, 9.17) is 37.0 Å². The molecule has 19 heteroatoms. The number of aliphatic hydroxyl groups is 1. The number of unbranched alkanes of at least 4 members (excludes halogenated alkanes) is 38. The zero-order chi connectivity index (χ0) is 68.0. The minimum absolute atomic E-state index is 0.103. The predicted molar refractivity (Wildman–Crippen MR) is 372 cm³/mol. The van der Waals surface area contributed by atoms with Crippen molar-refractivity contribution in [2.45, 2.75) is 388 Å². The van der Waals surface area contributed by atoms with Crippen LogP contribution in [0.15, 0.2) is 0 Å². The molecule has 0 aliphatic heterocycles. The first kappa shape index (κ1) is 90.1. The van der Waals surface area contributed by atoms with Crippen LogP contribution in [0.5, 0.6) is 0 Å². The fraction of sp³-hybridized carbons (Fsp3) is 0.945. The third kappa shape index (κ3) is 65.4. The first-order chi connectivity index (χ1) is 44.3. The normalized spacial score (nSPS) is 14.4. The van der Waals surface area contributed by atoms with E-state index in [0.717, 1.165) is 115 Å². The maximum atomic E-state index is 13.1. The van der Waals surface area contributed by atoms with Gasteiger partial charge in [-0.1, -0.05) is 318 Å². The summed E-state index contributed by atoms with van der Waals surface area (Å²) in [5.41, 5.74) is 0. The number of carbonyl (C=O) groups excluding carboxylic acids is 4. The summed E-state index contributed by atoms with van der Waals surface area (Å²) in [5.74, 6) is 0.196. The monoisotopic (exact) mass is 1350 g/mol. The van der Waals surface area contributed by atoms with Gasteiger partial charge < -0.3 is 33.8 Å². The van der Waals surface area contributed by atoms with Crippen molar-refractivity contribution >= 4 is 39.5 Å².